The zero-order valence-corrected chi connectivity index (χ0v) is 16.5. The first-order chi connectivity index (χ1) is 14.6. The summed E-state index contributed by atoms with van der Waals surface area (Å²) in [6.45, 7) is 3.77. The lowest BCUT2D eigenvalue weighted by molar-refractivity contribution is -0.932. The average Bonchev–Trinajstić information content (AvgIpc) is 3.30. The van der Waals surface area contributed by atoms with E-state index in [0.29, 0.717) is 12.1 Å². The van der Waals surface area contributed by atoms with Crippen molar-refractivity contribution in [3.8, 4) is 0 Å². The maximum Gasteiger partial charge on any atom is 0.251 e. The summed E-state index contributed by atoms with van der Waals surface area (Å²) < 4.78 is 31.9. The molecule has 0 radical (unpaired) electrons. The van der Waals surface area contributed by atoms with Gasteiger partial charge in [-0.1, -0.05) is 0 Å². The van der Waals surface area contributed by atoms with Crippen molar-refractivity contribution in [1.29, 1.82) is 0 Å². The second-order valence-corrected chi connectivity index (χ2v) is 7.41. The van der Waals surface area contributed by atoms with Crippen LogP contribution in [0.1, 0.15) is 22.2 Å². The van der Waals surface area contributed by atoms with Crippen LogP contribution in [0.3, 0.4) is 0 Å². The Hall–Kier alpha value is -3.19. The minimum Gasteiger partial charge on any atom is -0.463 e. The van der Waals surface area contributed by atoms with E-state index in [1.54, 1.807) is 18.4 Å². The van der Waals surface area contributed by atoms with E-state index in [9.17, 15) is 13.6 Å². The molecule has 1 atom stereocenters. The fraction of sp³-hybridized carbons (Fsp3) is 0.261. The predicted octanol–water partition coefficient (Wildman–Crippen LogP) is 2.43. The number of furan rings is 1. The number of benzene rings is 2. The Morgan fingerprint density at radius 1 is 1.00 bits per heavy atom. The van der Waals surface area contributed by atoms with E-state index in [2.05, 4.69) is 10.2 Å². The summed E-state index contributed by atoms with van der Waals surface area (Å²) in [6, 6.07) is 15.8. The van der Waals surface area contributed by atoms with Crippen LogP contribution >= 0.6 is 0 Å². The molecule has 156 valence electrons. The van der Waals surface area contributed by atoms with E-state index >= 15 is 0 Å². The average molecular weight is 412 g/mol. The summed E-state index contributed by atoms with van der Waals surface area (Å²) in [7, 11) is 0. The summed E-state index contributed by atoms with van der Waals surface area (Å²) in [5, 5.41) is 2.96. The number of carbonyl (C=O) groups is 1. The molecule has 3 aromatic rings. The second kappa shape index (κ2) is 9.09. The number of rotatable bonds is 6. The van der Waals surface area contributed by atoms with Crippen molar-refractivity contribution >= 4 is 11.6 Å². The summed E-state index contributed by atoms with van der Waals surface area (Å²) in [4.78, 5) is 16.0. The van der Waals surface area contributed by atoms with E-state index in [4.69, 9.17) is 4.42 Å². The Morgan fingerprint density at radius 3 is 2.23 bits per heavy atom. The van der Waals surface area contributed by atoms with Crippen molar-refractivity contribution in [2.45, 2.75) is 6.04 Å². The smallest absolute Gasteiger partial charge is 0.251 e. The number of piperazine rings is 1. The number of hydrogen-bond donors (Lipinski definition) is 2. The second-order valence-electron chi connectivity index (χ2n) is 7.41. The van der Waals surface area contributed by atoms with Crippen LogP contribution in [0.4, 0.5) is 14.5 Å². The zero-order chi connectivity index (χ0) is 20.9. The molecule has 0 bridgehead atoms. The number of carbonyl (C=O) groups excluding carboxylic acids is 1. The molecular formula is C23H24F2N3O2+. The van der Waals surface area contributed by atoms with Crippen LogP contribution < -0.4 is 15.1 Å². The minimum atomic E-state index is -0.372. The lowest BCUT2D eigenvalue weighted by Gasteiger charge is -2.37. The van der Waals surface area contributed by atoms with Gasteiger partial charge in [-0.15, -0.1) is 0 Å². The molecule has 1 aliphatic heterocycles. The molecule has 4 rings (SSSR count). The third-order valence-corrected chi connectivity index (χ3v) is 5.55. The molecule has 2 heterocycles. The Labute approximate surface area is 173 Å². The first-order valence-electron chi connectivity index (χ1n) is 10.0. The van der Waals surface area contributed by atoms with Gasteiger partial charge in [0.25, 0.3) is 5.91 Å². The monoisotopic (exact) mass is 412 g/mol. The highest BCUT2D eigenvalue weighted by Gasteiger charge is 2.31. The van der Waals surface area contributed by atoms with Gasteiger partial charge in [-0.25, -0.2) is 8.78 Å². The van der Waals surface area contributed by atoms with Crippen molar-refractivity contribution < 1.29 is 22.9 Å². The Kier molecular flexibility index (Phi) is 6.09. The quantitative estimate of drug-likeness (QED) is 0.654. The van der Waals surface area contributed by atoms with Gasteiger partial charge in [0, 0.05) is 11.3 Å². The predicted molar refractivity (Wildman–Crippen MR) is 109 cm³/mol. The van der Waals surface area contributed by atoms with Crippen molar-refractivity contribution in [3.05, 3.63) is 89.9 Å². The van der Waals surface area contributed by atoms with Crippen molar-refractivity contribution in [2.75, 3.05) is 37.6 Å². The van der Waals surface area contributed by atoms with Crippen molar-refractivity contribution in [1.82, 2.24) is 5.32 Å². The van der Waals surface area contributed by atoms with E-state index < -0.39 is 0 Å². The first-order valence-corrected chi connectivity index (χ1v) is 10.0. The van der Waals surface area contributed by atoms with Gasteiger partial charge in [-0.2, -0.15) is 0 Å². The lowest BCUT2D eigenvalue weighted by Crippen LogP contribution is -3.15. The molecule has 30 heavy (non-hydrogen) atoms. The topological polar surface area (TPSA) is 49.9 Å². The normalized spacial score (nSPS) is 15.7. The third-order valence-electron chi connectivity index (χ3n) is 5.55. The van der Waals surface area contributed by atoms with E-state index in [1.807, 2.05) is 12.1 Å². The van der Waals surface area contributed by atoms with Gasteiger partial charge in [-0.3, -0.25) is 4.79 Å². The number of nitrogens with one attached hydrogen (secondary N) is 2. The number of halogens is 2. The van der Waals surface area contributed by atoms with Gasteiger partial charge < -0.3 is 19.5 Å². The van der Waals surface area contributed by atoms with Crippen LogP contribution in [0.5, 0.6) is 0 Å². The fourth-order valence-corrected chi connectivity index (χ4v) is 3.89. The Morgan fingerprint density at radius 2 is 1.63 bits per heavy atom. The number of quaternary nitrogens is 1. The van der Waals surface area contributed by atoms with Crippen LogP contribution in [0, 0.1) is 11.6 Å². The summed E-state index contributed by atoms with van der Waals surface area (Å²) in [5.41, 5.74) is 1.43. The van der Waals surface area contributed by atoms with Gasteiger partial charge in [0.05, 0.1) is 39.0 Å². The molecule has 1 saturated heterocycles. The molecule has 1 fully saturated rings. The molecular weight excluding hydrogens is 388 g/mol. The highest BCUT2D eigenvalue weighted by Crippen LogP contribution is 2.16. The molecule has 0 saturated carbocycles. The summed E-state index contributed by atoms with van der Waals surface area (Å²) in [6.07, 6.45) is 1.64. The first kappa shape index (κ1) is 20.1. The maximum absolute atomic E-state index is 13.2. The highest BCUT2D eigenvalue weighted by atomic mass is 19.1. The number of nitrogens with zero attached hydrogens (tertiary/aromatic N) is 1. The van der Waals surface area contributed by atoms with Gasteiger partial charge in [0.15, 0.2) is 11.8 Å². The van der Waals surface area contributed by atoms with E-state index in [0.717, 1.165) is 37.6 Å². The third kappa shape index (κ3) is 4.68. The lowest BCUT2D eigenvalue weighted by atomic mass is 10.1. The van der Waals surface area contributed by atoms with E-state index in [1.165, 1.54) is 41.3 Å². The molecule has 1 amide bonds. The van der Waals surface area contributed by atoms with Gasteiger partial charge >= 0.3 is 0 Å². The minimum absolute atomic E-state index is 0.0280. The van der Waals surface area contributed by atoms with Gasteiger partial charge in [0.1, 0.15) is 11.6 Å². The largest absolute Gasteiger partial charge is 0.463 e. The van der Waals surface area contributed by atoms with Crippen LogP contribution in [-0.4, -0.2) is 38.6 Å². The van der Waals surface area contributed by atoms with E-state index in [-0.39, 0.29) is 23.6 Å². The molecule has 1 aliphatic rings. The fourth-order valence-electron chi connectivity index (χ4n) is 3.89. The summed E-state index contributed by atoms with van der Waals surface area (Å²) >= 11 is 0. The number of hydrogen-bond acceptors (Lipinski definition) is 3. The van der Waals surface area contributed by atoms with Crippen molar-refractivity contribution in [2.24, 2.45) is 0 Å². The molecule has 1 aromatic heterocycles. The maximum atomic E-state index is 13.2. The molecule has 7 heteroatoms. The molecule has 5 nitrogen and oxygen atoms in total. The van der Waals surface area contributed by atoms with Gasteiger partial charge in [0.2, 0.25) is 0 Å². The number of amides is 1. The van der Waals surface area contributed by atoms with Gasteiger partial charge in [-0.05, 0) is 60.7 Å². The molecule has 0 spiro atoms. The zero-order valence-electron chi connectivity index (χ0n) is 16.5. The molecule has 2 aromatic carbocycles. The summed E-state index contributed by atoms with van der Waals surface area (Å²) in [5.74, 6) is -0.0307. The van der Waals surface area contributed by atoms with Crippen LogP contribution in [0.15, 0.2) is 71.3 Å². The molecule has 2 N–H and O–H groups in total. The molecule has 0 unspecified atom stereocenters. The van der Waals surface area contributed by atoms with Crippen LogP contribution in [-0.2, 0) is 0 Å². The Bertz CT molecular complexity index is 951. The van der Waals surface area contributed by atoms with Crippen molar-refractivity contribution in [3.63, 3.8) is 0 Å². The SMILES string of the molecule is O=C(NC[C@@H](c1ccco1)[NH+]1CCN(c2ccc(F)cc2)CC1)c1ccc(F)cc1. The Balaban J connectivity index is 1.40. The number of anilines is 1. The van der Waals surface area contributed by atoms with Crippen LogP contribution in [0.2, 0.25) is 0 Å². The highest BCUT2D eigenvalue weighted by molar-refractivity contribution is 5.94. The molecule has 0 aliphatic carbocycles. The van der Waals surface area contributed by atoms with Crippen LogP contribution in [0.25, 0.3) is 0 Å². The standard InChI is InChI=1S/C23H23F2N3O2/c24-18-5-3-17(4-6-18)23(29)26-16-21(22-2-1-15-30-22)28-13-11-27(12-14-28)20-9-7-19(25)8-10-20/h1-10,15,21H,11-14,16H2,(H,26,29)/p+1/t21-/m0/s1.